The minimum absolute atomic E-state index is 0.00701. The number of amides is 1. The molecule has 2 aromatic carbocycles. The molecule has 1 fully saturated rings. The van der Waals surface area contributed by atoms with Gasteiger partial charge >= 0.3 is 0 Å². The number of halogens is 3. The topological polar surface area (TPSA) is 57.7 Å². The van der Waals surface area contributed by atoms with Gasteiger partial charge < -0.3 is 4.90 Å². The van der Waals surface area contributed by atoms with E-state index in [0.29, 0.717) is 17.9 Å². The van der Waals surface area contributed by atoms with E-state index < -0.39 is 27.5 Å². The van der Waals surface area contributed by atoms with E-state index in [-0.39, 0.29) is 36.2 Å². The lowest BCUT2D eigenvalue weighted by atomic mass is 10.3. The summed E-state index contributed by atoms with van der Waals surface area (Å²) in [5.74, 6) is -2.61. The number of benzene rings is 2. The lowest BCUT2D eigenvalue weighted by Gasteiger charge is -2.22. The number of sulfonamides is 1. The fourth-order valence-electron chi connectivity index (χ4n) is 2.94. The highest BCUT2D eigenvalue weighted by Gasteiger charge is 2.28. The summed E-state index contributed by atoms with van der Waals surface area (Å²) in [6, 6.07) is 8.06. The quantitative estimate of drug-likeness (QED) is 0.665. The lowest BCUT2D eigenvalue weighted by molar-refractivity contribution is -0.128. The zero-order valence-corrected chi connectivity index (χ0v) is 17.0. The highest BCUT2D eigenvalue weighted by atomic mass is 32.2. The fraction of sp³-hybridized carbons (Fsp3) is 0.316. The molecule has 3 rings (SSSR count). The Morgan fingerprint density at radius 3 is 2.34 bits per heavy atom. The molecule has 1 aliphatic rings. The number of carbonyl (C=O) groups excluding carboxylic acids is 1. The Labute approximate surface area is 171 Å². The fourth-order valence-corrected chi connectivity index (χ4v) is 5.24. The maximum absolute atomic E-state index is 13.3. The summed E-state index contributed by atoms with van der Waals surface area (Å²) < 4.78 is 66.0. The first-order valence-corrected chi connectivity index (χ1v) is 11.3. The van der Waals surface area contributed by atoms with Crippen LogP contribution in [0.15, 0.2) is 52.3 Å². The zero-order chi connectivity index (χ0) is 21.0. The van der Waals surface area contributed by atoms with E-state index in [9.17, 15) is 26.4 Å². The minimum Gasteiger partial charge on any atom is -0.341 e. The molecule has 0 unspecified atom stereocenters. The van der Waals surface area contributed by atoms with Gasteiger partial charge in [0.15, 0.2) is 11.6 Å². The van der Waals surface area contributed by atoms with E-state index in [1.54, 1.807) is 4.90 Å². The largest absolute Gasteiger partial charge is 0.341 e. The number of hydrogen-bond acceptors (Lipinski definition) is 4. The standard InChI is InChI=1S/C19H19F3N2O3S2/c20-14-2-5-16(6-3-14)29(26,27)24-9-1-8-23(10-11-24)19(25)13-28-15-4-7-17(21)18(22)12-15/h2-7,12H,1,8-11,13H2. The summed E-state index contributed by atoms with van der Waals surface area (Å²) in [5, 5.41) is 0. The summed E-state index contributed by atoms with van der Waals surface area (Å²) in [7, 11) is -3.77. The summed E-state index contributed by atoms with van der Waals surface area (Å²) in [6.07, 6.45) is 0.460. The van der Waals surface area contributed by atoms with Gasteiger partial charge in [-0.05, 0) is 48.9 Å². The van der Waals surface area contributed by atoms with Gasteiger partial charge in [0.25, 0.3) is 0 Å². The molecule has 1 aliphatic heterocycles. The van der Waals surface area contributed by atoms with E-state index in [1.165, 1.54) is 22.5 Å². The van der Waals surface area contributed by atoms with Crippen molar-refractivity contribution in [2.24, 2.45) is 0 Å². The second kappa shape index (κ2) is 9.19. The molecule has 0 spiro atoms. The van der Waals surface area contributed by atoms with Crippen molar-refractivity contribution in [2.75, 3.05) is 31.9 Å². The normalized spacial score (nSPS) is 15.9. The van der Waals surface area contributed by atoms with Crippen LogP contribution in [0.4, 0.5) is 13.2 Å². The van der Waals surface area contributed by atoms with E-state index in [1.807, 2.05) is 0 Å². The number of thioether (sulfide) groups is 1. The third-order valence-electron chi connectivity index (χ3n) is 4.51. The van der Waals surface area contributed by atoms with Crippen LogP contribution >= 0.6 is 11.8 Å². The molecular weight excluding hydrogens is 425 g/mol. The first-order valence-electron chi connectivity index (χ1n) is 8.89. The average molecular weight is 445 g/mol. The van der Waals surface area contributed by atoms with E-state index in [4.69, 9.17) is 0 Å². The number of hydrogen-bond donors (Lipinski definition) is 0. The summed E-state index contributed by atoms with van der Waals surface area (Å²) in [6.45, 7) is 0.991. The Morgan fingerprint density at radius 1 is 0.931 bits per heavy atom. The lowest BCUT2D eigenvalue weighted by Crippen LogP contribution is -2.38. The van der Waals surface area contributed by atoms with Gasteiger partial charge in [-0.25, -0.2) is 21.6 Å². The van der Waals surface area contributed by atoms with Crippen LogP contribution in [0, 0.1) is 17.5 Å². The first-order chi connectivity index (χ1) is 13.8. The zero-order valence-electron chi connectivity index (χ0n) is 15.4. The van der Waals surface area contributed by atoms with Gasteiger partial charge in [0.2, 0.25) is 15.9 Å². The highest BCUT2D eigenvalue weighted by molar-refractivity contribution is 8.00. The first kappa shape index (κ1) is 21.7. The number of nitrogens with zero attached hydrogens (tertiary/aromatic N) is 2. The van der Waals surface area contributed by atoms with Crippen LogP contribution < -0.4 is 0 Å². The molecule has 0 aliphatic carbocycles. The predicted molar refractivity (Wildman–Crippen MR) is 103 cm³/mol. The van der Waals surface area contributed by atoms with Gasteiger partial charge in [-0.15, -0.1) is 11.8 Å². The second-order valence-electron chi connectivity index (χ2n) is 6.46. The second-order valence-corrected chi connectivity index (χ2v) is 9.44. The third-order valence-corrected chi connectivity index (χ3v) is 7.40. The number of carbonyl (C=O) groups is 1. The molecule has 2 aromatic rings. The SMILES string of the molecule is O=C(CSc1ccc(F)c(F)c1)N1CCCN(S(=O)(=O)c2ccc(F)cc2)CC1. The molecule has 1 saturated heterocycles. The molecule has 0 aromatic heterocycles. The van der Waals surface area contributed by atoms with Crippen molar-refractivity contribution >= 4 is 27.7 Å². The molecule has 0 N–H and O–H groups in total. The van der Waals surface area contributed by atoms with Crippen LogP contribution in [0.5, 0.6) is 0 Å². The Morgan fingerprint density at radius 2 is 1.66 bits per heavy atom. The van der Waals surface area contributed by atoms with E-state index >= 15 is 0 Å². The van der Waals surface area contributed by atoms with Crippen molar-refractivity contribution in [1.29, 1.82) is 0 Å². The minimum atomic E-state index is -3.77. The van der Waals surface area contributed by atoms with Gasteiger partial charge in [-0.3, -0.25) is 4.79 Å². The molecular formula is C19H19F3N2O3S2. The summed E-state index contributed by atoms with van der Waals surface area (Å²) in [5.41, 5.74) is 0. The number of rotatable bonds is 5. The molecule has 0 saturated carbocycles. The summed E-state index contributed by atoms with van der Waals surface area (Å²) in [4.78, 5) is 14.5. The molecule has 10 heteroatoms. The van der Waals surface area contributed by atoms with Crippen LogP contribution in [0.25, 0.3) is 0 Å². The van der Waals surface area contributed by atoms with E-state index in [2.05, 4.69) is 0 Å². The van der Waals surface area contributed by atoms with Gasteiger partial charge in [0.05, 0.1) is 10.6 Å². The van der Waals surface area contributed by atoms with Gasteiger partial charge in [-0.1, -0.05) is 0 Å². The van der Waals surface area contributed by atoms with Crippen molar-refractivity contribution in [2.45, 2.75) is 16.2 Å². The van der Waals surface area contributed by atoms with Crippen molar-refractivity contribution in [3.63, 3.8) is 0 Å². The van der Waals surface area contributed by atoms with E-state index in [0.717, 1.165) is 36.0 Å². The summed E-state index contributed by atoms with van der Waals surface area (Å²) >= 11 is 1.09. The Balaban J connectivity index is 1.59. The Bertz CT molecular complexity index is 985. The molecule has 29 heavy (non-hydrogen) atoms. The molecule has 0 radical (unpaired) electrons. The van der Waals surface area contributed by atoms with Crippen LogP contribution in [0.3, 0.4) is 0 Å². The maximum Gasteiger partial charge on any atom is 0.243 e. The van der Waals surface area contributed by atoms with Crippen LogP contribution in [0.2, 0.25) is 0 Å². The van der Waals surface area contributed by atoms with Crippen LogP contribution in [0.1, 0.15) is 6.42 Å². The molecule has 156 valence electrons. The van der Waals surface area contributed by atoms with Crippen molar-refractivity contribution < 1.29 is 26.4 Å². The molecule has 1 heterocycles. The molecule has 5 nitrogen and oxygen atoms in total. The predicted octanol–water partition coefficient (Wildman–Crippen LogP) is 3.12. The van der Waals surface area contributed by atoms with Crippen molar-refractivity contribution in [3.05, 3.63) is 59.9 Å². The van der Waals surface area contributed by atoms with Gasteiger partial charge in [-0.2, -0.15) is 4.31 Å². The van der Waals surface area contributed by atoms with Crippen LogP contribution in [-0.4, -0.2) is 55.5 Å². The smallest absolute Gasteiger partial charge is 0.243 e. The third kappa shape index (κ3) is 5.31. The maximum atomic E-state index is 13.3. The van der Waals surface area contributed by atoms with Gasteiger partial charge in [0.1, 0.15) is 5.82 Å². The van der Waals surface area contributed by atoms with Crippen LogP contribution in [-0.2, 0) is 14.8 Å². The monoisotopic (exact) mass is 444 g/mol. The molecule has 0 atom stereocenters. The van der Waals surface area contributed by atoms with Crippen molar-refractivity contribution in [3.8, 4) is 0 Å². The van der Waals surface area contributed by atoms with Crippen molar-refractivity contribution in [1.82, 2.24) is 9.21 Å². The average Bonchev–Trinajstić information content (AvgIpc) is 2.96. The Kier molecular flexibility index (Phi) is 6.86. The Hall–Kier alpha value is -2.04. The van der Waals surface area contributed by atoms with Gasteiger partial charge in [0, 0.05) is 31.1 Å². The molecule has 1 amide bonds. The molecule has 0 bridgehead atoms. The highest BCUT2D eigenvalue weighted by Crippen LogP contribution is 2.22.